The molecule has 0 radical (unpaired) electrons. The molecule has 0 aliphatic heterocycles. The normalized spacial score (nSPS) is 10.7. The van der Waals surface area contributed by atoms with Gasteiger partial charge in [0.1, 0.15) is 12.0 Å². The van der Waals surface area contributed by atoms with Crippen molar-refractivity contribution in [3.63, 3.8) is 0 Å². The van der Waals surface area contributed by atoms with Gasteiger partial charge in [0.15, 0.2) is 4.34 Å². The first kappa shape index (κ1) is 15.6. The van der Waals surface area contributed by atoms with Crippen molar-refractivity contribution in [2.24, 2.45) is 0 Å². The molecule has 0 amide bonds. The number of thiazole rings is 1. The van der Waals surface area contributed by atoms with E-state index in [0.717, 1.165) is 16.3 Å². The van der Waals surface area contributed by atoms with Gasteiger partial charge >= 0.3 is 5.97 Å². The molecule has 6 nitrogen and oxygen atoms in total. The second-order valence-corrected chi connectivity index (χ2v) is 6.57. The summed E-state index contributed by atoms with van der Waals surface area (Å²) < 4.78 is 16.1. The lowest BCUT2D eigenvalue weighted by molar-refractivity contribution is 0.0695. The summed E-state index contributed by atoms with van der Waals surface area (Å²) in [7, 11) is 0. The minimum absolute atomic E-state index is 0.0168. The minimum atomic E-state index is -0.748. The Morgan fingerprint density at radius 3 is 2.96 bits per heavy atom. The highest BCUT2D eigenvalue weighted by atomic mass is 32.2. The van der Waals surface area contributed by atoms with E-state index in [1.807, 2.05) is 12.3 Å². The van der Waals surface area contributed by atoms with Crippen LogP contribution in [0, 0.1) is 6.92 Å². The molecule has 3 rings (SSSR count). The van der Waals surface area contributed by atoms with E-state index < -0.39 is 11.4 Å². The number of esters is 1. The van der Waals surface area contributed by atoms with E-state index in [9.17, 15) is 9.59 Å². The molecule has 0 N–H and O–H groups in total. The Morgan fingerprint density at radius 2 is 2.30 bits per heavy atom. The number of carbonyl (C=O) groups is 1. The summed E-state index contributed by atoms with van der Waals surface area (Å²) in [6.45, 7) is 1.92. The van der Waals surface area contributed by atoms with Crippen LogP contribution < -0.4 is 10.2 Å². The number of rotatable bonds is 5. The Labute approximate surface area is 139 Å². The number of furan rings is 1. The van der Waals surface area contributed by atoms with Gasteiger partial charge in [0.25, 0.3) is 0 Å². The average Bonchev–Trinajstić information content (AvgIpc) is 3.19. The van der Waals surface area contributed by atoms with Crippen LogP contribution in [0.25, 0.3) is 0 Å². The maximum Gasteiger partial charge on any atom is 0.379 e. The average molecular weight is 349 g/mol. The smallest absolute Gasteiger partial charge is 0.379 e. The standard InChI is InChI=1S/C15H11NO5S2/c1-9-7-22-15(16-9)23-8-10-5-11(17)13(6-20-10)21-14(18)12-3-2-4-19-12/h2-7H,8H2,1H3. The molecular weight excluding hydrogens is 338 g/mol. The predicted octanol–water partition coefficient (Wildman–Crippen LogP) is 3.51. The van der Waals surface area contributed by atoms with Crippen LogP contribution in [0.4, 0.5) is 0 Å². The number of hydrogen-bond acceptors (Lipinski definition) is 8. The molecule has 23 heavy (non-hydrogen) atoms. The van der Waals surface area contributed by atoms with Gasteiger partial charge in [-0.1, -0.05) is 11.8 Å². The molecule has 8 heteroatoms. The Bertz CT molecular complexity index is 866. The van der Waals surface area contributed by atoms with Gasteiger partial charge in [0, 0.05) is 17.1 Å². The molecule has 0 fully saturated rings. The van der Waals surface area contributed by atoms with Gasteiger partial charge in [-0.3, -0.25) is 4.79 Å². The van der Waals surface area contributed by atoms with E-state index in [1.54, 1.807) is 6.07 Å². The topological polar surface area (TPSA) is 82.5 Å². The van der Waals surface area contributed by atoms with Crippen LogP contribution in [0.5, 0.6) is 5.75 Å². The molecule has 0 aromatic carbocycles. The van der Waals surface area contributed by atoms with Gasteiger partial charge in [0.05, 0.1) is 12.0 Å². The van der Waals surface area contributed by atoms with Gasteiger partial charge in [-0.05, 0) is 19.1 Å². The van der Waals surface area contributed by atoms with Crippen molar-refractivity contribution < 1.29 is 18.4 Å². The zero-order chi connectivity index (χ0) is 16.2. The summed E-state index contributed by atoms with van der Waals surface area (Å²) >= 11 is 3.01. The van der Waals surface area contributed by atoms with Crippen LogP contribution in [0.3, 0.4) is 0 Å². The van der Waals surface area contributed by atoms with E-state index in [2.05, 4.69) is 4.98 Å². The van der Waals surface area contributed by atoms with Crippen molar-refractivity contribution >= 4 is 29.1 Å². The van der Waals surface area contributed by atoms with Gasteiger partial charge in [-0.25, -0.2) is 9.78 Å². The zero-order valence-electron chi connectivity index (χ0n) is 12.0. The van der Waals surface area contributed by atoms with Crippen molar-refractivity contribution in [3.8, 4) is 5.75 Å². The number of aromatic nitrogens is 1. The summed E-state index contributed by atoms with van der Waals surface area (Å²) in [5.41, 5.74) is 0.529. The second-order valence-electron chi connectivity index (χ2n) is 4.49. The molecule has 0 atom stereocenters. The van der Waals surface area contributed by atoms with Gasteiger partial charge in [0.2, 0.25) is 16.9 Å². The molecule has 3 heterocycles. The summed E-state index contributed by atoms with van der Waals surface area (Å²) in [6.07, 6.45) is 2.48. The SMILES string of the molecule is Cc1csc(SCc2cc(=O)c(OC(=O)c3ccco3)co2)n1. The van der Waals surface area contributed by atoms with Crippen molar-refractivity contribution in [2.45, 2.75) is 17.0 Å². The molecular formula is C15H11NO5S2. The Balaban J connectivity index is 1.66. The molecule has 0 aliphatic carbocycles. The highest BCUT2D eigenvalue weighted by Gasteiger charge is 2.14. The lowest BCUT2D eigenvalue weighted by Gasteiger charge is -2.02. The molecule has 118 valence electrons. The van der Waals surface area contributed by atoms with Crippen LogP contribution in [0.1, 0.15) is 22.0 Å². The molecule has 0 bridgehead atoms. The van der Waals surface area contributed by atoms with E-state index >= 15 is 0 Å². The Morgan fingerprint density at radius 1 is 1.43 bits per heavy atom. The molecule has 0 saturated carbocycles. The number of hydrogen-bond donors (Lipinski definition) is 0. The maximum atomic E-state index is 12.0. The molecule has 0 unspecified atom stereocenters. The zero-order valence-corrected chi connectivity index (χ0v) is 13.6. The van der Waals surface area contributed by atoms with Gasteiger partial charge in [-0.15, -0.1) is 11.3 Å². The third-order valence-corrected chi connectivity index (χ3v) is 4.87. The summed E-state index contributed by atoms with van der Waals surface area (Å²) in [5.74, 6) is 0.0379. The van der Waals surface area contributed by atoms with Crippen molar-refractivity contribution in [1.82, 2.24) is 4.98 Å². The number of ether oxygens (including phenoxy) is 1. The first-order valence-corrected chi connectivity index (χ1v) is 8.40. The second kappa shape index (κ2) is 6.84. The third-order valence-electron chi connectivity index (χ3n) is 2.71. The monoisotopic (exact) mass is 349 g/mol. The number of carbonyl (C=O) groups excluding carboxylic acids is 1. The first-order valence-electron chi connectivity index (χ1n) is 6.54. The molecule has 3 aromatic heterocycles. The molecule has 3 aromatic rings. The molecule has 0 aliphatic rings. The number of nitrogens with zero attached hydrogens (tertiary/aromatic N) is 1. The van der Waals surface area contributed by atoms with Crippen LogP contribution in [-0.4, -0.2) is 11.0 Å². The lowest BCUT2D eigenvalue weighted by Crippen LogP contribution is -2.14. The maximum absolute atomic E-state index is 12.0. The Kier molecular flexibility index (Phi) is 4.63. The fourth-order valence-electron chi connectivity index (χ4n) is 1.67. The summed E-state index contributed by atoms with van der Waals surface area (Å²) in [4.78, 5) is 28.0. The van der Waals surface area contributed by atoms with Gasteiger partial charge in [-0.2, -0.15) is 0 Å². The van der Waals surface area contributed by atoms with E-state index in [-0.39, 0.29) is 11.5 Å². The van der Waals surface area contributed by atoms with E-state index in [4.69, 9.17) is 13.6 Å². The quantitative estimate of drug-likeness (QED) is 0.515. The summed E-state index contributed by atoms with van der Waals surface area (Å²) in [5, 5.41) is 1.95. The fourth-order valence-corrected chi connectivity index (χ4v) is 3.40. The van der Waals surface area contributed by atoms with Crippen LogP contribution in [0.15, 0.2) is 54.1 Å². The third kappa shape index (κ3) is 3.91. The lowest BCUT2D eigenvalue weighted by atomic mass is 10.4. The largest absolute Gasteiger partial charge is 0.464 e. The highest BCUT2D eigenvalue weighted by molar-refractivity contribution is 8.00. The minimum Gasteiger partial charge on any atom is -0.464 e. The fraction of sp³-hybridized carbons (Fsp3) is 0.133. The van der Waals surface area contributed by atoms with Crippen LogP contribution in [-0.2, 0) is 5.75 Å². The van der Waals surface area contributed by atoms with E-state index in [0.29, 0.717) is 11.5 Å². The van der Waals surface area contributed by atoms with Gasteiger partial charge < -0.3 is 13.6 Å². The van der Waals surface area contributed by atoms with Crippen LogP contribution >= 0.6 is 23.1 Å². The number of thioether (sulfide) groups is 1. The highest BCUT2D eigenvalue weighted by Crippen LogP contribution is 2.26. The van der Waals surface area contributed by atoms with E-state index in [1.165, 1.54) is 41.5 Å². The van der Waals surface area contributed by atoms with Crippen molar-refractivity contribution in [2.75, 3.05) is 0 Å². The predicted molar refractivity (Wildman–Crippen MR) is 85.1 cm³/mol. The molecule has 0 saturated heterocycles. The first-order chi connectivity index (χ1) is 11.1. The van der Waals surface area contributed by atoms with Crippen LogP contribution in [0.2, 0.25) is 0 Å². The van der Waals surface area contributed by atoms with Crippen molar-refractivity contribution in [3.05, 3.63) is 63.5 Å². The summed E-state index contributed by atoms with van der Waals surface area (Å²) in [6, 6.07) is 4.31. The molecule has 0 spiro atoms. The number of aryl methyl sites for hydroxylation is 1. The van der Waals surface area contributed by atoms with Crippen molar-refractivity contribution in [1.29, 1.82) is 0 Å². The Hall–Kier alpha value is -2.32.